The highest BCUT2D eigenvalue weighted by molar-refractivity contribution is 8.00. The molecular formula is C27H22N4O4S. The Bertz CT molecular complexity index is 1440. The molecule has 1 aromatic heterocycles. The second-order valence-corrected chi connectivity index (χ2v) is 8.91. The van der Waals surface area contributed by atoms with Crippen LogP contribution in [0.4, 0.5) is 5.69 Å². The van der Waals surface area contributed by atoms with E-state index >= 15 is 0 Å². The zero-order valence-electron chi connectivity index (χ0n) is 19.6. The second kappa shape index (κ2) is 11.3. The lowest BCUT2D eigenvalue weighted by Crippen LogP contribution is -2.15. The molecule has 0 saturated heterocycles. The van der Waals surface area contributed by atoms with Gasteiger partial charge in [-0.2, -0.15) is 5.26 Å². The van der Waals surface area contributed by atoms with Gasteiger partial charge in [0, 0.05) is 16.1 Å². The molecule has 1 atom stereocenters. The van der Waals surface area contributed by atoms with E-state index in [-0.39, 0.29) is 17.6 Å². The number of carbonyl (C=O) groups is 2. The van der Waals surface area contributed by atoms with E-state index in [2.05, 4.69) is 15.5 Å². The molecular weight excluding hydrogens is 476 g/mol. The van der Waals surface area contributed by atoms with E-state index < -0.39 is 12.1 Å². The molecule has 4 aromatic rings. The summed E-state index contributed by atoms with van der Waals surface area (Å²) in [7, 11) is 0. The Labute approximate surface area is 212 Å². The van der Waals surface area contributed by atoms with E-state index in [0.29, 0.717) is 27.6 Å². The zero-order valence-corrected chi connectivity index (χ0v) is 20.4. The molecule has 36 heavy (non-hydrogen) atoms. The Kier molecular flexibility index (Phi) is 7.78. The fraction of sp³-hybridized carbons (Fsp3) is 0.148. The predicted octanol–water partition coefficient (Wildman–Crippen LogP) is 5.57. The molecule has 0 spiro atoms. The smallest absolute Gasteiger partial charge is 0.340 e. The highest BCUT2D eigenvalue weighted by Gasteiger charge is 2.22. The Morgan fingerprint density at radius 1 is 1.08 bits per heavy atom. The first-order valence-corrected chi connectivity index (χ1v) is 12.0. The molecule has 0 aliphatic rings. The quantitative estimate of drug-likeness (QED) is 0.248. The maximum atomic E-state index is 12.9. The van der Waals surface area contributed by atoms with Crippen LogP contribution < -0.4 is 5.32 Å². The van der Waals surface area contributed by atoms with Gasteiger partial charge in [0.25, 0.3) is 5.89 Å². The normalized spacial score (nSPS) is 11.4. The third-order valence-electron chi connectivity index (χ3n) is 5.08. The lowest BCUT2D eigenvalue weighted by Gasteiger charge is -2.12. The Morgan fingerprint density at radius 2 is 1.89 bits per heavy atom. The molecule has 0 saturated carbocycles. The molecule has 0 unspecified atom stereocenters. The molecule has 1 heterocycles. The van der Waals surface area contributed by atoms with Crippen LogP contribution in [0.1, 0.15) is 40.4 Å². The number of anilines is 1. The number of aromatic nitrogens is 2. The Morgan fingerprint density at radius 3 is 2.69 bits per heavy atom. The number of aryl methyl sites for hydroxylation is 1. The van der Waals surface area contributed by atoms with Crippen molar-refractivity contribution in [1.29, 1.82) is 5.26 Å². The van der Waals surface area contributed by atoms with E-state index in [9.17, 15) is 9.59 Å². The van der Waals surface area contributed by atoms with Crippen molar-refractivity contribution < 1.29 is 18.7 Å². The van der Waals surface area contributed by atoms with Gasteiger partial charge < -0.3 is 14.5 Å². The number of esters is 1. The van der Waals surface area contributed by atoms with Crippen molar-refractivity contribution in [3.63, 3.8) is 0 Å². The fourth-order valence-corrected chi connectivity index (χ4v) is 4.18. The summed E-state index contributed by atoms with van der Waals surface area (Å²) in [5.41, 5.74) is 3.16. The molecule has 1 N–H and O–H groups in total. The van der Waals surface area contributed by atoms with E-state index in [1.165, 1.54) is 11.8 Å². The van der Waals surface area contributed by atoms with Crippen molar-refractivity contribution in [2.75, 3.05) is 11.1 Å². The summed E-state index contributed by atoms with van der Waals surface area (Å²) >= 11 is 1.21. The monoisotopic (exact) mass is 498 g/mol. The van der Waals surface area contributed by atoms with Gasteiger partial charge in [0.05, 0.1) is 22.9 Å². The molecule has 9 heteroatoms. The molecule has 4 rings (SSSR count). The molecule has 0 fully saturated rings. The van der Waals surface area contributed by atoms with Crippen LogP contribution in [-0.4, -0.2) is 27.8 Å². The number of hydrogen-bond donors (Lipinski definition) is 1. The first kappa shape index (κ1) is 24.7. The van der Waals surface area contributed by atoms with Crippen LogP contribution in [0.3, 0.4) is 0 Å². The minimum atomic E-state index is -0.766. The van der Waals surface area contributed by atoms with Crippen molar-refractivity contribution in [2.45, 2.75) is 24.8 Å². The van der Waals surface area contributed by atoms with Gasteiger partial charge in [-0.05, 0) is 56.3 Å². The molecule has 0 bridgehead atoms. The summed E-state index contributed by atoms with van der Waals surface area (Å²) in [5.74, 6) is -0.229. The minimum Gasteiger partial charge on any atom is -0.449 e. The number of ether oxygens (including phenoxy) is 1. The first-order valence-electron chi connectivity index (χ1n) is 11.1. The third kappa shape index (κ3) is 6.17. The second-order valence-electron chi connectivity index (χ2n) is 7.89. The number of nitrogens with zero attached hydrogens (tertiary/aromatic N) is 3. The lowest BCUT2D eigenvalue weighted by atomic mass is 10.1. The van der Waals surface area contributed by atoms with Gasteiger partial charge in [0.2, 0.25) is 11.8 Å². The average molecular weight is 499 g/mol. The van der Waals surface area contributed by atoms with Gasteiger partial charge in [0.1, 0.15) is 0 Å². The van der Waals surface area contributed by atoms with Gasteiger partial charge in [-0.25, -0.2) is 4.79 Å². The summed E-state index contributed by atoms with van der Waals surface area (Å²) in [6, 6.07) is 23.2. The minimum absolute atomic E-state index is 0.0696. The summed E-state index contributed by atoms with van der Waals surface area (Å²) < 4.78 is 11.3. The number of amides is 1. The predicted molar refractivity (Wildman–Crippen MR) is 135 cm³/mol. The van der Waals surface area contributed by atoms with Gasteiger partial charge >= 0.3 is 5.97 Å². The number of thioether (sulfide) groups is 1. The lowest BCUT2D eigenvalue weighted by molar-refractivity contribution is -0.113. The van der Waals surface area contributed by atoms with Crippen LogP contribution in [0.25, 0.3) is 11.5 Å². The summed E-state index contributed by atoms with van der Waals surface area (Å²) in [5, 5.41) is 19.9. The van der Waals surface area contributed by atoms with Crippen molar-refractivity contribution in [2.24, 2.45) is 0 Å². The van der Waals surface area contributed by atoms with Crippen LogP contribution in [0.15, 0.2) is 82.1 Å². The summed E-state index contributed by atoms with van der Waals surface area (Å²) in [4.78, 5) is 25.9. The van der Waals surface area contributed by atoms with Crippen molar-refractivity contribution in [3.8, 4) is 17.5 Å². The molecule has 180 valence electrons. The van der Waals surface area contributed by atoms with Crippen LogP contribution in [0, 0.1) is 18.3 Å². The topological polar surface area (TPSA) is 118 Å². The largest absolute Gasteiger partial charge is 0.449 e. The van der Waals surface area contributed by atoms with E-state index in [4.69, 9.17) is 14.4 Å². The molecule has 1 amide bonds. The summed E-state index contributed by atoms with van der Waals surface area (Å²) in [6.07, 6.45) is -0.766. The van der Waals surface area contributed by atoms with Crippen molar-refractivity contribution >= 4 is 29.3 Å². The number of hydrogen-bond acceptors (Lipinski definition) is 8. The Hall–Kier alpha value is -4.42. The van der Waals surface area contributed by atoms with Crippen LogP contribution >= 0.6 is 11.8 Å². The van der Waals surface area contributed by atoms with Gasteiger partial charge in [-0.1, -0.05) is 35.9 Å². The standard InChI is InChI=1S/C27H22N4O4S/c1-17-7-5-9-20(13-17)26-31-30-25(35-26)18(2)34-27(33)22-11-3-4-12-23(22)36-16-24(32)29-21-10-6-8-19(14-21)15-28/h3-14,18H,16H2,1-2H3,(H,29,32)/t18-/m1/s1. The first-order chi connectivity index (χ1) is 17.4. The molecule has 8 nitrogen and oxygen atoms in total. The average Bonchev–Trinajstić information content (AvgIpc) is 3.38. The maximum absolute atomic E-state index is 12.9. The highest BCUT2D eigenvalue weighted by atomic mass is 32.2. The van der Waals surface area contributed by atoms with Gasteiger partial charge in [0.15, 0.2) is 6.10 Å². The van der Waals surface area contributed by atoms with E-state index in [1.807, 2.05) is 37.3 Å². The number of carbonyl (C=O) groups excluding carboxylic acids is 2. The molecule has 3 aromatic carbocycles. The van der Waals surface area contributed by atoms with Crippen LogP contribution in [0.2, 0.25) is 0 Å². The Balaban J connectivity index is 1.39. The molecule has 0 radical (unpaired) electrons. The van der Waals surface area contributed by atoms with E-state index in [1.54, 1.807) is 55.5 Å². The maximum Gasteiger partial charge on any atom is 0.340 e. The fourth-order valence-electron chi connectivity index (χ4n) is 3.34. The molecule has 0 aliphatic heterocycles. The third-order valence-corrected chi connectivity index (χ3v) is 6.15. The van der Waals surface area contributed by atoms with Crippen LogP contribution in [0.5, 0.6) is 0 Å². The van der Waals surface area contributed by atoms with Crippen molar-refractivity contribution in [1.82, 2.24) is 10.2 Å². The van der Waals surface area contributed by atoms with Crippen LogP contribution in [-0.2, 0) is 9.53 Å². The van der Waals surface area contributed by atoms with Gasteiger partial charge in [-0.3, -0.25) is 4.79 Å². The summed E-state index contributed by atoms with van der Waals surface area (Å²) in [6.45, 7) is 3.63. The van der Waals surface area contributed by atoms with Gasteiger partial charge in [-0.15, -0.1) is 22.0 Å². The molecule has 0 aliphatic carbocycles. The number of nitrogens with one attached hydrogen (secondary N) is 1. The zero-order chi connectivity index (χ0) is 25.5. The number of rotatable bonds is 8. The SMILES string of the molecule is Cc1cccc(-c2nnc([C@@H](C)OC(=O)c3ccccc3SCC(=O)Nc3cccc(C#N)c3)o2)c1. The van der Waals surface area contributed by atoms with Crippen molar-refractivity contribution in [3.05, 3.63) is 95.4 Å². The number of nitriles is 1. The number of benzene rings is 3. The van der Waals surface area contributed by atoms with E-state index in [0.717, 1.165) is 11.1 Å². The highest BCUT2D eigenvalue weighted by Crippen LogP contribution is 2.27.